The second-order valence-electron chi connectivity index (χ2n) is 2.71. The molecular weight excluding hydrogens is 212 g/mol. The van der Waals surface area contributed by atoms with Gasteiger partial charge in [0.25, 0.3) is 0 Å². The minimum atomic E-state index is 0.559. The number of rotatable bonds is 0. The van der Waals surface area contributed by atoms with Crippen LogP contribution >= 0.6 is 23.6 Å². The van der Waals surface area contributed by atoms with Crippen LogP contribution in [0.15, 0.2) is 6.20 Å². The summed E-state index contributed by atoms with van der Waals surface area (Å²) in [5.41, 5.74) is 1.30. The van der Waals surface area contributed by atoms with Crippen LogP contribution in [-0.2, 0) is 0 Å². The number of aromatic amines is 1. The van der Waals surface area contributed by atoms with Gasteiger partial charge in [0, 0.05) is 16.5 Å². The third-order valence-electron chi connectivity index (χ3n) is 1.96. The molecule has 0 atom stereocenters. The predicted molar refractivity (Wildman–Crippen MR) is 65.6 cm³/mol. The largest absolute Gasteiger partial charge is 0.322 e. The Bertz CT molecular complexity index is 482. The number of nitrogens with zero attached hydrogens (tertiary/aromatic N) is 1. The van der Waals surface area contributed by atoms with Crippen LogP contribution in [0.3, 0.4) is 0 Å². The Balaban J connectivity index is 0.000000461. The lowest BCUT2D eigenvalue weighted by Crippen LogP contribution is -1.79. The van der Waals surface area contributed by atoms with E-state index in [1.165, 1.54) is 15.8 Å². The van der Waals surface area contributed by atoms with Crippen molar-refractivity contribution < 1.29 is 0 Å². The lowest BCUT2D eigenvalue weighted by molar-refractivity contribution is 1.19. The van der Waals surface area contributed by atoms with Crippen LogP contribution in [0, 0.1) is 18.6 Å². The van der Waals surface area contributed by atoms with Gasteiger partial charge in [-0.2, -0.15) is 0 Å². The van der Waals surface area contributed by atoms with Crippen molar-refractivity contribution in [3.8, 4) is 0 Å². The first-order chi connectivity index (χ1) is 6.68. The molecule has 0 radical (unpaired) electrons. The third kappa shape index (κ3) is 2.01. The molecule has 1 N–H and O–H groups in total. The molecule has 0 unspecified atom stereocenters. The van der Waals surface area contributed by atoms with Crippen LogP contribution in [0.25, 0.3) is 10.2 Å². The van der Waals surface area contributed by atoms with Gasteiger partial charge in [0.05, 0.1) is 0 Å². The lowest BCUT2D eigenvalue weighted by atomic mass is 10.2. The molecule has 76 valence electrons. The highest BCUT2D eigenvalue weighted by atomic mass is 32.1. The van der Waals surface area contributed by atoms with Crippen LogP contribution in [0.4, 0.5) is 0 Å². The summed E-state index contributed by atoms with van der Waals surface area (Å²) >= 11 is 6.66. The van der Waals surface area contributed by atoms with Gasteiger partial charge < -0.3 is 4.98 Å². The molecule has 0 amide bonds. The highest BCUT2D eigenvalue weighted by Crippen LogP contribution is 2.27. The molecule has 0 spiro atoms. The topological polar surface area (TPSA) is 28.7 Å². The van der Waals surface area contributed by atoms with Crippen molar-refractivity contribution in [1.82, 2.24) is 9.97 Å². The fourth-order valence-electron chi connectivity index (χ4n) is 1.15. The first-order valence-electron chi connectivity index (χ1n) is 4.63. The highest BCUT2D eigenvalue weighted by Gasteiger charge is 2.03. The summed E-state index contributed by atoms with van der Waals surface area (Å²) in [5.74, 6) is 0. The van der Waals surface area contributed by atoms with Crippen LogP contribution in [0.5, 0.6) is 0 Å². The zero-order valence-corrected chi connectivity index (χ0v) is 10.5. The molecule has 0 fully saturated rings. The van der Waals surface area contributed by atoms with E-state index in [2.05, 4.69) is 23.8 Å². The number of aromatic nitrogens is 2. The maximum Gasteiger partial charge on any atom is 0.197 e. The fraction of sp³-hybridized carbons (Fsp3) is 0.400. The molecule has 0 aliphatic heterocycles. The highest BCUT2D eigenvalue weighted by molar-refractivity contribution is 7.71. The summed E-state index contributed by atoms with van der Waals surface area (Å²) in [6.07, 6.45) is 1.84. The average molecular weight is 226 g/mol. The van der Waals surface area contributed by atoms with Gasteiger partial charge in [0.15, 0.2) is 4.77 Å². The van der Waals surface area contributed by atoms with Crippen LogP contribution in [-0.4, -0.2) is 9.97 Å². The van der Waals surface area contributed by atoms with Crippen molar-refractivity contribution in [3.05, 3.63) is 21.4 Å². The standard InChI is InChI=1S/C8H8N2S2.C2H6/c1-4-5(2)12-7-6(4)3-9-8(11)10-7;1-2/h3H,1-2H3,(H,9,10,11);1-2H3. The zero-order chi connectivity index (χ0) is 10.7. The molecule has 2 nitrogen and oxygen atoms in total. The van der Waals surface area contributed by atoms with Gasteiger partial charge in [-0.3, -0.25) is 0 Å². The summed E-state index contributed by atoms with van der Waals surface area (Å²) in [4.78, 5) is 9.57. The average Bonchev–Trinajstić information content (AvgIpc) is 2.45. The Kier molecular flexibility index (Phi) is 3.77. The Labute approximate surface area is 93.0 Å². The maximum atomic E-state index is 4.93. The van der Waals surface area contributed by atoms with Crippen molar-refractivity contribution in [1.29, 1.82) is 0 Å². The molecule has 2 heterocycles. The summed E-state index contributed by atoms with van der Waals surface area (Å²) in [6, 6.07) is 0. The molecule has 0 saturated carbocycles. The number of H-pyrrole nitrogens is 1. The van der Waals surface area contributed by atoms with Crippen LogP contribution in [0.1, 0.15) is 24.3 Å². The molecule has 2 aromatic rings. The SMILES string of the molecule is CC.Cc1sc2[nH]c(=S)ncc2c1C. The third-order valence-corrected chi connectivity index (χ3v) is 3.31. The van der Waals surface area contributed by atoms with Crippen LogP contribution < -0.4 is 0 Å². The van der Waals surface area contributed by atoms with Crippen LogP contribution in [0.2, 0.25) is 0 Å². The fourth-order valence-corrected chi connectivity index (χ4v) is 2.40. The summed E-state index contributed by atoms with van der Waals surface area (Å²) in [6.45, 7) is 8.21. The second kappa shape index (κ2) is 4.66. The first kappa shape index (κ1) is 11.3. The van der Waals surface area contributed by atoms with E-state index in [1.54, 1.807) is 11.3 Å². The summed E-state index contributed by atoms with van der Waals surface area (Å²) in [5, 5.41) is 1.19. The lowest BCUT2D eigenvalue weighted by Gasteiger charge is -1.89. The second-order valence-corrected chi connectivity index (χ2v) is 4.33. The minimum absolute atomic E-state index is 0.559. The number of fused-ring (bicyclic) bond motifs is 1. The van der Waals surface area contributed by atoms with Gasteiger partial charge in [-0.15, -0.1) is 11.3 Å². The van der Waals surface area contributed by atoms with E-state index >= 15 is 0 Å². The summed E-state index contributed by atoms with van der Waals surface area (Å²) < 4.78 is 0.559. The van der Waals surface area contributed by atoms with Crippen molar-refractivity contribution in [2.75, 3.05) is 0 Å². The van der Waals surface area contributed by atoms with Crippen molar-refractivity contribution in [3.63, 3.8) is 0 Å². The zero-order valence-electron chi connectivity index (χ0n) is 8.84. The smallest absolute Gasteiger partial charge is 0.197 e. The molecule has 0 bridgehead atoms. The molecule has 14 heavy (non-hydrogen) atoms. The number of nitrogens with one attached hydrogen (secondary N) is 1. The molecule has 2 aromatic heterocycles. The van der Waals surface area contributed by atoms with E-state index in [4.69, 9.17) is 12.2 Å². The Hall–Kier alpha value is -0.740. The molecule has 0 aliphatic carbocycles. The molecule has 0 saturated heterocycles. The molecular formula is C10H14N2S2. The monoisotopic (exact) mass is 226 g/mol. The number of hydrogen-bond acceptors (Lipinski definition) is 3. The maximum absolute atomic E-state index is 4.93. The van der Waals surface area contributed by atoms with E-state index in [0.29, 0.717) is 4.77 Å². The normalized spacial score (nSPS) is 9.71. The predicted octanol–water partition coefficient (Wildman–Crippen LogP) is 4.00. The van der Waals surface area contributed by atoms with Gasteiger partial charge in [0.2, 0.25) is 0 Å². The molecule has 2 rings (SSSR count). The quantitative estimate of drug-likeness (QED) is 0.688. The number of hydrogen-bond donors (Lipinski definition) is 1. The summed E-state index contributed by atoms with van der Waals surface area (Å²) in [7, 11) is 0. The Morgan fingerprint density at radius 3 is 2.64 bits per heavy atom. The van der Waals surface area contributed by atoms with Gasteiger partial charge >= 0.3 is 0 Å². The van der Waals surface area contributed by atoms with E-state index in [-0.39, 0.29) is 0 Å². The van der Waals surface area contributed by atoms with Gasteiger partial charge in [-0.25, -0.2) is 4.98 Å². The van der Waals surface area contributed by atoms with E-state index in [0.717, 1.165) is 4.83 Å². The molecule has 0 aliphatic rings. The minimum Gasteiger partial charge on any atom is -0.322 e. The van der Waals surface area contributed by atoms with Gasteiger partial charge in [-0.1, -0.05) is 13.8 Å². The van der Waals surface area contributed by atoms with Gasteiger partial charge in [-0.05, 0) is 31.6 Å². The van der Waals surface area contributed by atoms with Crippen molar-refractivity contribution in [2.24, 2.45) is 0 Å². The van der Waals surface area contributed by atoms with E-state index in [1.807, 2.05) is 20.0 Å². The van der Waals surface area contributed by atoms with Crippen molar-refractivity contribution in [2.45, 2.75) is 27.7 Å². The Morgan fingerprint density at radius 1 is 1.36 bits per heavy atom. The van der Waals surface area contributed by atoms with Gasteiger partial charge in [0.1, 0.15) is 4.83 Å². The number of aryl methyl sites for hydroxylation is 2. The van der Waals surface area contributed by atoms with Crippen molar-refractivity contribution >= 4 is 33.8 Å². The Morgan fingerprint density at radius 2 is 2.00 bits per heavy atom. The van der Waals surface area contributed by atoms with E-state index in [9.17, 15) is 0 Å². The molecule has 4 heteroatoms. The number of thiophene rings is 1. The van der Waals surface area contributed by atoms with E-state index < -0.39 is 0 Å². The molecule has 0 aromatic carbocycles. The first-order valence-corrected chi connectivity index (χ1v) is 5.86.